The van der Waals surface area contributed by atoms with Crippen LogP contribution in [-0.2, 0) is 0 Å². The summed E-state index contributed by atoms with van der Waals surface area (Å²) < 4.78 is 0. The minimum absolute atomic E-state index is 0.374. The van der Waals surface area contributed by atoms with E-state index in [4.69, 9.17) is 0 Å². The average molecular weight is 207 g/mol. The van der Waals surface area contributed by atoms with Crippen molar-refractivity contribution < 1.29 is 5.11 Å². The second kappa shape index (κ2) is 4.07. The van der Waals surface area contributed by atoms with Gasteiger partial charge in [-0.1, -0.05) is 18.2 Å². The van der Waals surface area contributed by atoms with Crippen LogP contribution in [0.3, 0.4) is 0 Å². The zero-order valence-corrected chi connectivity index (χ0v) is 8.84. The predicted octanol–water partition coefficient (Wildman–Crippen LogP) is 2.56. The van der Waals surface area contributed by atoms with E-state index in [9.17, 15) is 5.11 Å². The lowest BCUT2D eigenvalue weighted by molar-refractivity contribution is 0.206. The maximum Gasteiger partial charge on any atom is 0.0900 e. The molecule has 2 nitrogen and oxygen atoms in total. The van der Waals surface area contributed by atoms with Crippen LogP contribution in [0.4, 0.5) is 0 Å². The number of hydrogen-bond donors (Lipinski definition) is 2. The fourth-order valence-electron chi connectivity index (χ4n) is 1.62. The molecule has 14 heavy (non-hydrogen) atoms. The molecule has 0 radical (unpaired) electrons. The summed E-state index contributed by atoms with van der Waals surface area (Å²) >= 11 is 1.65. The summed E-state index contributed by atoms with van der Waals surface area (Å²) in [6.45, 7) is 0. The summed E-state index contributed by atoms with van der Waals surface area (Å²) in [6.07, 6.45) is 3.52. The molecule has 2 aromatic rings. The number of aliphatic hydroxyl groups excluding tert-OH is 1. The zero-order valence-electron chi connectivity index (χ0n) is 8.03. The SMILES string of the molecule is CSCC(O)c1c[nH]c2ccccc12. The lowest BCUT2D eigenvalue weighted by Gasteiger charge is -2.06. The van der Waals surface area contributed by atoms with Crippen molar-refractivity contribution in [1.82, 2.24) is 4.98 Å². The number of fused-ring (bicyclic) bond motifs is 1. The first kappa shape index (κ1) is 9.62. The molecule has 2 rings (SSSR count). The Balaban J connectivity index is 2.42. The van der Waals surface area contributed by atoms with E-state index < -0.39 is 0 Å². The second-order valence-electron chi connectivity index (χ2n) is 3.26. The first-order valence-corrected chi connectivity index (χ1v) is 5.95. The normalized spacial score (nSPS) is 13.3. The van der Waals surface area contributed by atoms with Gasteiger partial charge in [-0.2, -0.15) is 11.8 Å². The van der Waals surface area contributed by atoms with Crippen LogP contribution in [-0.4, -0.2) is 22.1 Å². The van der Waals surface area contributed by atoms with Gasteiger partial charge in [-0.25, -0.2) is 0 Å². The molecule has 0 spiro atoms. The van der Waals surface area contributed by atoms with Crippen molar-refractivity contribution in [2.45, 2.75) is 6.10 Å². The number of H-pyrrole nitrogens is 1. The van der Waals surface area contributed by atoms with Gasteiger partial charge >= 0.3 is 0 Å². The fourth-order valence-corrected chi connectivity index (χ4v) is 2.11. The van der Waals surface area contributed by atoms with E-state index in [1.165, 1.54) is 0 Å². The van der Waals surface area contributed by atoms with Crippen molar-refractivity contribution >= 4 is 22.7 Å². The van der Waals surface area contributed by atoms with Gasteiger partial charge in [0.05, 0.1) is 6.10 Å². The first-order valence-electron chi connectivity index (χ1n) is 4.56. The van der Waals surface area contributed by atoms with E-state index in [1.807, 2.05) is 36.7 Å². The maximum absolute atomic E-state index is 9.87. The van der Waals surface area contributed by atoms with Crippen LogP contribution in [0.25, 0.3) is 10.9 Å². The highest BCUT2D eigenvalue weighted by atomic mass is 32.2. The number of aromatic amines is 1. The number of benzene rings is 1. The first-order chi connectivity index (χ1) is 6.83. The molecular weight excluding hydrogens is 194 g/mol. The monoisotopic (exact) mass is 207 g/mol. The van der Waals surface area contributed by atoms with Gasteiger partial charge in [0.15, 0.2) is 0 Å². The van der Waals surface area contributed by atoms with E-state index >= 15 is 0 Å². The smallest absolute Gasteiger partial charge is 0.0900 e. The Morgan fingerprint density at radius 3 is 3.00 bits per heavy atom. The number of rotatable bonds is 3. The standard InChI is InChI=1S/C11H13NOS/c1-14-7-11(13)9-6-12-10-5-3-2-4-8(9)10/h2-6,11-13H,7H2,1H3. The molecule has 74 valence electrons. The van der Waals surface area contributed by atoms with Crippen LogP contribution >= 0.6 is 11.8 Å². The molecule has 0 bridgehead atoms. The van der Waals surface area contributed by atoms with Crippen LogP contribution in [0.5, 0.6) is 0 Å². The molecule has 0 aliphatic rings. The zero-order chi connectivity index (χ0) is 9.97. The quantitative estimate of drug-likeness (QED) is 0.811. The molecule has 1 aromatic carbocycles. The highest BCUT2D eigenvalue weighted by molar-refractivity contribution is 7.98. The molecule has 3 heteroatoms. The highest BCUT2D eigenvalue weighted by Gasteiger charge is 2.11. The molecule has 1 heterocycles. The van der Waals surface area contributed by atoms with Crippen LogP contribution in [0.1, 0.15) is 11.7 Å². The molecule has 0 aliphatic heterocycles. The Kier molecular flexibility index (Phi) is 2.79. The predicted molar refractivity (Wildman–Crippen MR) is 61.6 cm³/mol. The van der Waals surface area contributed by atoms with Gasteiger partial charge < -0.3 is 10.1 Å². The number of nitrogens with one attached hydrogen (secondary N) is 1. The van der Waals surface area contributed by atoms with Gasteiger partial charge in [-0.3, -0.25) is 0 Å². The summed E-state index contributed by atoms with van der Waals surface area (Å²) in [4.78, 5) is 3.16. The summed E-state index contributed by atoms with van der Waals surface area (Å²) in [5.41, 5.74) is 2.08. The van der Waals surface area contributed by atoms with Crippen LogP contribution in [0.15, 0.2) is 30.5 Å². The molecule has 1 atom stereocenters. The molecule has 0 amide bonds. The van der Waals surface area contributed by atoms with Gasteiger partial charge in [0, 0.05) is 28.4 Å². The van der Waals surface area contributed by atoms with E-state index in [-0.39, 0.29) is 6.10 Å². The van der Waals surface area contributed by atoms with Crippen molar-refractivity contribution in [3.63, 3.8) is 0 Å². The van der Waals surface area contributed by atoms with E-state index in [1.54, 1.807) is 11.8 Å². The highest BCUT2D eigenvalue weighted by Crippen LogP contribution is 2.25. The van der Waals surface area contributed by atoms with Gasteiger partial charge in [0.1, 0.15) is 0 Å². The van der Waals surface area contributed by atoms with E-state index in [2.05, 4.69) is 4.98 Å². The molecule has 1 unspecified atom stereocenters. The maximum atomic E-state index is 9.87. The third-order valence-corrected chi connectivity index (χ3v) is 2.95. The Morgan fingerprint density at radius 1 is 1.43 bits per heavy atom. The fraction of sp³-hybridized carbons (Fsp3) is 0.273. The van der Waals surface area contributed by atoms with Crippen molar-refractivity contribution in [1.29, 1.82) is 0 Å². The van der Waals surface area contributed by atoms with Crippen molar-refractivity contribution in [3.05, 3.63) is 36.0 Å². The molecule has 0 aliphatic carbocycles. The molecule has 2 N–H and O–H groups in total. The minimum Gasteiger partial charge on any atom is -0.387 e. The number of aliphatic hydroxyl groups is 1. The third kappa shape index (κ3) is 1.65. The molecule has 1 aromatic heterocycles. The molecule has 0 fully saturated rings. The largest absolute Gasteiger partial charge is 0.387 e. The van der Waals surface area contributed by atoms with Gasteiger partial charge in [-0.05, 0) is 12.3 Å². The molecule has 0 saturated carbocycles. The summed E-state index contributed by atoms with van der Waals surface area (Å²) in [5.74, 6) is 0.738. The Hall–Kier alpha value is -0.930. The van der Waals surface area contributed by atoms with Crippen LogP contribution in [0.2, 0.25) is 0 Å². The molecular formula is C11H13NOS. The Labute approximate surface area is 87.3 Å². The number of aromatic nitrogens is 1. The Morgan fingerprint density at radius 2 is 2.21 bits per heavy atom. The average Bonchev–Trinajstić information content (AvgIpc) is 2.61. The topological polar surface area (TPSA) is 36.0 Å². The number of hydrogen-bond acceptors (Lipinski definition) is 2. The van der Waals surface area contributed by atoms with Gasteiger partial charge in [0.2, 0.25) is 0 Å². The van der Waals surface area contributed by atoms with Crippen molar-refractivity contribution in [3.8, 4) is 0 Å². The number of para-hydroxylation sites is 1. The lowest BCUT2D eigenvalue weighted by atomic mass is 10.1. The van der Waals surface area contributed by atoms with Crippen molar-refractivity contribution in [2.24, 2.45) is 0 Å². The van der Waals surface area contributed by atoms with E-state index in [0.29, 0.717) is 0 Å². The van der Waals surface area contributed by atoms with E-state index in [0.717, 1.165) is 22.2 Å². The summed E-state index contributed by atoms with van der Waals surface area (Å²) in [6, 6.07) is 8.03. The number of thioether (sulfide) groups is 1. The minimum atomic E-state index is -0.374. The van der Waals surface area contributed by atoms with Gasteiger partial charge in [0.25, 0.3) is 0 Å². The van der Waals surface area contributed by atoms with Crippen LogP contribution < -0.4 is 0 Å². The van der Waals surface area contributed by atoms with Crippen molar-refractivity contribution in [2.75, 3.05) is 12.0 Å². The summed E-state index contributed by atoms with van der Waals surface area (Å²) in [5, 5.41) is 11.0. The van der Waals surface area contributed by atoms with Crippen LogP contribution in [0, 0.1) is 0 Å². The molecule has 0 saturated heterocycles. The third-order valence-electron chi connectivity index (χ3n) is 2.30. The summed E-state index contributed by atoms with van der Waals surface area (Å²) in [7, 11) is 0. The second-order valence-corrected chi connectivity index (χ2v) is 4.17. The van der Waals surface area contributed by atoms with Gasteiger partial charge in [-0.15, -0.1) is 0 Å². The Bertz CT molecular complexity index is 424. The lowest BCUT2D eigenvalue weighted by Crippen LogP contribution is -1.98.